The van der Waals surface area contributed by atoms with Crippen LogP contribution in [0.5, 0.6) is 5.75 Å². The number of anilines is 1. The molecule has 0 radical (unpaired) electrons. The maximum absolute atomic E-state index is 10.0. The molecule has 2 unspecified atom stereocenters. The largest absolute Gasteiger partial charge is 0.508 e. The summed E-state index contributed by atoms with van der Waals surface area (Å²) in [6.45, 7) is 5.68. The van der Waals surface area contributed by atoms with Crippen LogP contribution in [0.15, 0.2) is 42.5 Å². The summed E-state index contributed by atoms with van der Waals surface area (Å²) in [7, 11) is 0. The van der Waals surface area contributed by atoms with E-state index in [9.17, 15) is 10.2 Å². The van der Waals surface area contributed by atoms with E-state index in [0.29, 0.717) is 5.75 Å². The third-order valence-electron chi connectivity index (χ3n) is 3.44. The fourth-order valence-electron chi connectivity index (χ4n) is 2.32. The van der Waals surface area contributed by atoms with Gasteiger partial charge in [0, 0.05) is 16.8 Å². The van der Waals surface area contributed by atoms with Gasteiger partial charge in [0.25, 0.3) is 0 Å². The summed E-state index contributed by atoms with van der Waals surface area (Å²) in [4.78, 5) is 0. The molecule has 106 valence electrons. The standard InChI is InChI=1S/C17H21NO2/c1-11-8-9-14(17(20)10-11)12(2)18-16-7-5-4-6-15(16)13(3)19/h4-10,12-13,18-20H,1-3H3. The number of para-hydroxylation sites is 1. The van der Waals surface area contributed by atoms with Crippen molar-refractivity contribution in [1.29, 1.82) is 0 Å². The third kappa shape index (κ3) is 3.11. The summed E-state index contributed by atoms with van der Waals surface area (Å²) in [5.41, 5.74) is 3.61. The van der Waals surface area contributed by atoms with Crippen molar-refractivity contribution < 1.29 is 10.2 Å². The van der Waals surface area contributed by atoms with Gasteiger partial charge < -0.3 is 15.5 Å². The van der Waals surface area contributed by atoms with E-state index in [-0.39, 0.29) is 6.04 Å². The Balaban J connectivity index is 2.26. The van der Waals surface area contributed by atoms with Gasteiger partial charge in [0.15, 0.2) is 0 Å². The number of rotatable bonds is 4. The Bertz CT molecular complexity index is 593. The van der Waals surface area contributed by atoms with Crippen LogP contribution in [0, 0.1) is 6.92 Å². The lowest BCUT2D eigenvalue weighted by molar-refractivity contribution is 0.200. The number of aliphatic hydroxyl groups excluding tert-OH is 1. The molecule has 0 aliphatic heterocycles. The fraction of sp³-hybridized carbons (Fsp3) is 0.294. The Kier molecular flexibility index (Phi) is 4.30. The zero-order valence-electron chi connectivity index (χ0n) is 12.1. The number of phenols is 1. The van der Waals surface area contributed by atoms with Gasteiger partial charge in [0.05, 0.1) is 12.1 Å². The van der Waals surface area contributed by atoms with E-state index in [2.05, 4.69) is 5.32 Å². The van der Waals surface area contributed by atoms with Crippen LogP contribution >= 0.6 is 0 Å². The summed E-state index contributed by atoms with van der Waals surface area (Å²) in [6, 6.07) is 13.3. The van der Waals surface area contributed by atoms with Gasteiger partial charge in [-0.2, -0.15) is 0 Å². The molecular weight excluding hydrogens is 250 g/mol. The first-order valence-electron chi connectivity index (χ1n) is 6.82. The summed E-state index contributed by atoms with van der Waals surface area (Å²) >= 11 is 0. The highest BCUT2D eigenvalue weighted by Gasteiger charge is 2.13. The molecule has 2 aromatic carbocycles. The highest BCUT2D eigenvalue weighted by Crippen LogP contribution is 2.30. The van der Waals surface area contributed by atoms with Crippen molar-refractivity contribution in [1.82, 2.24) is 0 Å². The first kappa shape index (κ1) is 14.4. The van der Waals surface area contributed by atoms with Gasteiger partial charge in [-0.1, -0.05) is 30.3 Å². The van der Waals surface area contributed by atoms with E-state index in [1.165, 1.54) is 0 Å². The second-order valence-electron chi connectivity index (χ2n) is 5.19. The van der Waals surface area contributed by atoms with Crippen molar-refractivity contribution in [3.8, 4) is 5.75 Å². The third-order valence-corrected chi connectivity index (χ3v) is 3.44. The van der Waals surface area contributed by atoms with Gasteiger partial charge in [-0.3, -0.25) is 0 Å². The van der Waals surface area contributed by atoms with Crippen molar-refractivity contribution in [3.05, 3.63) is 59.2 Å². The summed E-state index contributed by atoms with van der Waals surface area (Å²) in [6.07, 6.45) is -0.530. The molecule has 0 aromatic heterocycles. The first-order valence-corrected chi connectivity index (χ1v) is 6.82. The molecule has 2 aromatic rings. The fourth-order valence-corrected chi connectivity index (χ4v) is 2.32. The number of aromatic hydroxyl groups is 1. The Labute approximate surface area is 119 Å². The molecule has 0 aliphatic rings. The second kappa shape index (κ2) is 5.97. The minimum Gasteiger partial charge on any atom is -0.508 e. The summed E-state index contributed by atoms with van der Waals surface area (Å²) < 4.78 is 0. The van der Waals surface area contributed by atoms with Crippen LogP contribution in [0.4, 0.5) is 5.69 Å². The molecular formula is C17H21NO2. The first-order chi connectivity index (χ1) is 9.49. The van der Waals surface area contributed by atoms with Crippen molar-refractivity contribution in [2.24, 2.45) is 0 Å². The van der Waals surface area contributed by atoms with Crippen molar-refractivity contribution >= 4 is 5.69 Å². The molecule has 3 heteroatoms. The van der Waals surface area contributed by atoms with Crippen molar-refractivity contribution in [2.75, 3.05) is 5.32 Å². The van der Waals surface area contributed by atoms with Gasteiger partial charge in [-0.25, -0.2) is 0 Å². The monoisotopic (exact) mass is 271 g/mol. The van der Waals surface area contributed by atoms with Gasteiger partial charge in [-0.15, -0.1) is 0 Å². The topological polar surface area (TPSA) is 52.5 Å². The Morgan fingerprint density at radius 1 is 1.00 bits per heavy atom. The molecule has 0 amide bonds. The maximum Gasteiger partial charge on any atom is 0.121 e. The van der Waals surface area contributed by atoms with E-state index in [1.54, 1.807) is 13.0 Å². The SMILES string of the molecule is Cc1ccc(C(C)Nc2ccccc2C(C)O)c(O)c1. The van der Waals surface area contributed by atoms with Crippen LogP contribution in [-0.4, -0.2) is 10.2 Å². The van der Waals surface area contributed by atoms with Crippen LogP contribution in [-0.2, 0) is 0 Å². The molecule has 0 saturated heterocycles. The van der Waals surface area contributed by atoms with Crippen molar-refractivity contribution in [3.63, 3.8) is 0 Å². The molecule has 3 N–H and O–H groups in total. The zero-order valence-corrected chi connectivity index (χ0v) is 12.1. The average molecular weight is 271 g/mol. The van der Waals surface area contributed by atoms with E-state index in [4.69, 9.17) is 0 Å². The highest BCUT2D eigenvalue weighted by atomic mass is 16.3. The zero-order chi connectivity index (χ0) is 14.7. The lowest BCUT2D eigenvalue weighted by atomic mass is 10.0. The normalized spacial score (nSPS) is 13.8. The van der Waals surface area contributed by atoms with E-state index in [0.717, 1.165) is 22.4 Å². The van der Waals surface area contributed by atoms with Crippen LogP contribution in [0.1, 0.15) is 42.7 Å². The maximum atomic E-state index is 10.0. The van der Waals surface area contributed by atoms with Crippen LogP contribution in [0.3, 0.4) is 0 Å². The summed E-state index contributed by atoms with van der Waals surface area (Å²) in [5, 5.41) is 23.2. The molecule has 2 atom stereocenters. The van der Waals surface area contributed by atoms with Gasteiger partial charge >= 0.3 is 0 Å². The number of phenolic OH excluding ortho intramolecular Hbond substituents is 1. The Morgan fingerprint density at radius 2 is 1.70 bits per heavy atom. The quantitative estimate of drug-likeness (QED) is 0.789. The molecule has 0 fully saturated rings. The average Bonchev–Trinajstić information content (AvgIpc) is 2.38. The van der Waals surface area contributed by atoms with Gasteiger partial charge in [0.2, 0.25) is 0 Å². The predicted octanol–water partition coefficient (Wildman–Crippen LogP) is 3.93. The van der Waals surface area contributed by atoms with Gasteiger partial charge in [0.1, 0.15) is 5.75 Å². The van der Waals surface area contributed by atoms with Crippen molar-refractivity contribution in [2.45, 2.75) is 32.9 Å². The number of benzene rings is 2. The molecule has 3 nitrogen and oxygen atoms in total. The number of nitrogens with one attached hydrogen (secondary N) is 1. The predicted molar refractivity (Wildman–Crippen MR) is 82.0 cm³/mol. The van der Waals surface area contributed by atoms with E-state index >= 15 is 0 Å². The van der Waals surface area contributed by atoms with Crippen LogP contribution in [0.2, 0.25) is 0 Å². The molecule has 0 spiro atoms. The number of aryl methyl sites for hydroxylation is 1. The second-order valence-corrected chi connectivity index (χ2v) is 5.19. The lowest BCUT2D eigenvalue weighted by Gasteiger charge is -2.20. The molecule has 0 heterocycles. The Hall–Kier alpha value is -2.00. The molecule has 0 bridgehead atoms. The Morgan fingerprint density at radius 3 is 2.35 bits per heavy atom. The van der Waals surface area contributed by atoms with Crippen LogP contribution < -0.4 is 5.32 Å². The van der Waals surface area contributed by atoms with E-state index in [1.807, 2.05) is 50.2 Å². The van der Waals surface area contributed by atoms with Crippen LogP contribution in [0.25, 0.3) is 0 Å². The number of hydrogen-bond acceptors (Lipinski definition) is 3. The minimum atomic E-state index is -0.530. The minimum absolute atomic E-state index is 0.0458. The number of hydrogen-bond donors (Lipinski definition) is 3. The molecule has 0 aliphatic carbocycles. The van der Waals surface area contributed by atoms with E-state index < -0.39 is 6.10 Å². The smallest absolute Gasteiger partial charge is 0.121 e. The molecule has 20 heavy (non-hydrogen) atoms. The number of aliphatic hydroxyl groups is 1. The molecule has 2 rings (SSSR count). The van der Waals surface area contributed by atoms with Gasteiger partial charge in [-0.05, 0) is 38.5 Å². The summed E-state index contributed by atoms with van der Waals surface area (Å²) in [5.74, 6) is 0.291. The molecule has 0 saturated carbocycles. The lowest BCUT2D eigenvalue weighted by Crippen LogP contribution is -2.09. The highest BCUT2D eigenvalue weighted by molar-refractivity contribution is 5.54.